The van der Waals surface area contributed by atoms with Gasteiger partial charge in [0.05, 0.1) is 6.04 Å². The van der Waals surface area contributed by atoms with Crippen molar-refractivity contribution >= 4 is 21.8 Å². The van der Waals surface area contributed by atoms with Crippen LogP contribution in [0.4, 0.5) is 0 Å². The Hall–Kier alpha value is -0.870. The normalized spacial score (nSPS) is 20.2. The fraction of sp³-hybridized carbons (Fsp3) is 0.533. The zero-order valence-electron chi connectivity index (χ0n) is 11.3. The maximum absolute atomic E-state index is 11.9. The van der Waals surface area contributed by atoms with Crippen molar-refractivity contribution < 1.29 is 4.79 Å². The standard InChI is InChI=1S/C15H21BrN2O/c1-11(13-6-2-3-7-14(13)16)18-15(19)9-8-12-5-4-10-17-12/h2-3,6-7,11-12,17H,4-5,8-10H2,1H3,(H,18,19). The molecule has 1 aliphatic rings. The summed E-state index contributed by atoms with van der Waals surface area (Å²) in [6, 6.07) is 8.58. The molecule has 2 N–H and O–H groups in total. The van der Waals surface area contributed by atoms with Gasteiger partial charge in [0.1, 0.15) is 0 Å². The average Bonchev–Trinajstić information content (AvgIpc) is 2.90. The summed E-state index contributed by atoms with van der Waals surface area (Å²) >= 11 is 3.52. The molecule has 3 nitrogen and oxygen atoms in total. The van der Waals surface area contributed by atoms with Gasteiger partial charge in [-0.05, 0) is 44.4 Å². The summed E-state index contributed by atoms with van der Waals surface area (Å²) in [5.74, 6) is 0.136. The minimum atomic E-state index is 0.0413. The summed E-state index contributed by atoms with van der Waals surface area (Å²) in [6.45, 7) is 3.12. The van der Waals surface area contributed by atoms with E-state index in [-0.39, 0.29) is 11.9 Å². The Balaban J connectivity index is 1.79. The summed E-state index contributed by atoms with van der Waals surface area (Å²) in [4.78, 5) is 11.9. The second kappa shape index (κ2) is 7.06. The van der Waals surface area contributed by atoms with Crippen LogP contribution in [-0.4, -0.2) is 18.5 Å². The Kier molecular flexibility index (Phi) is 5.40. The van der Waals surface area contributed by atoms with E-state index >= 15 is 0 Å². The lowest BCUT2D eigenvalue weighted by molar-refractivity contribution is -0.121. The summed E-state index contributed by atoms with van der Waals surface area (Å²) in [5.41, 5.74) is 1.12. The van der Waals surface area contributed by atoms with Crippen molar-refractivity contribution in [2.45, 2.75) is 44.7 Å². The number of rotatable bonds is 5. The van der Waals surface area contributed by atoms with Gasteiger partial charge in [0.2, 0.25) is 5.91 Å². The van der Waals surface area contributed by atoms with Gasteiger partial charge in [0.25, 0.3) is 0 Å². The molecular formula is C15H21BrN2O. The monoisotopic (exact) mass is 324 g/mol. The number of carbonyl (C=O) groups excluding carboxylic acids is 1. The summed E-state index contributed by atoms with van der Waals surface area (Å²) < 4.78 is 1.04. The van der Waals surface area contributed by atoms with E-state index in [1.54, 1.807) is 0 Å². The number of benzene rings is 1. The highest BCUT2D eigenvalue weighted by molar-refractivity contribution is 9.10. The van der Waals surface area contributed by atoms with E-state index in [1.807, 2.05) is 31.2 Å². The van der Waals surface area contributed by atoms with Gasteiger partial charge in [-0.2, -0.15) is 0 Å². The molecule has 0 saturated carbocycles. The molecule has 0 aliphatic carbocycles. The molecule has 1 aromatic rings. The van der Waals surface area contributed by atoms with Gasteiger partial charge in [0, 0.05) is 16.9 Å². The molecule has 1 aliphatic heterocycles. The highest BCUT2D eigenvalue weighted by Crippen LogP contribution is 2.22. The van der Waals surface area contributed by atoms with Crippen LogP contribution in [0.3, 0.4) is 0 Å². The van der Waals surface area contributed by atoms with E-state index < -0.39 is 0 Å². The summed E-state index contributed by atoms with van der Waals surface area (Å²) in [7, 11) is 0. The molecule has 1 fully saturated rings. The van der Waals surface area contributed by atoms with Gasteiger partial charge in [0.15, 0.2) is 0 Å². The van der Waals surface area contributed by atoms with Crippen molar-refractivity contribution in [3.63, 3.8) is 0 Å². The van der Waals surface area contributed by atoms with Gasteiger partial charge in [-0.15, -0.1) is 0 Å². The van der Waals surface area contributed by atoms with E-state index in [0.717, 1.165) is 23.0 Å². The molecule has 1 saturated heterocycles. The number of amides is 1. The third-order valence-corrected chi connectivity index (χ3v) is 4.35. The van der Waals surface area contributed by atoms with Crippen molar-refractivity contribution in [2.75, 3.05) is 6.54 Å². The second-order valence-corrected chi connectivity index (χ2v) is 6.00. The Labute approximate surface area is 123 Å². The fourth-order valence-electron chi connectivity index (χ4n) is 2.53. The third kappa shape index (κ3) is 4.32. The highest BCUT2D eigenvalue weighted by Gasteiger charge is 2.16. The summed E-state index contributed by atoms with van der Waals surface area (Å²) in [6.07, 6.45) is 3.98. The average molecular weight is 325 g/mol. The van der Waals surface area contributed by atoms with Crippen LogP contribution >= 0.6 is 15.9 Å². The predicted octanol–water partition coefficient (Wildman–Crippen LogP) is 3.16. The zero-order valence-corrected chi connectivity index (χ0v) is 12.9. The number of nitrogens with one attached hydrogen (secondary N) is 2. The molecule has 4 heteroatoms. The molecule has 2 atom stereocenters. The molecule has 0 bridgehead atoms. The lowest BCUT2D eigenvalue weighted by Crippen LogP contribution is -2.29. The van der Waals surface area contributed by atoms with Crippen LogP contribution in [0.5, 0.6) is 0 Å². The Morgan fingerprint density at radius 3 is 3.00 bits per heavy atom. The van der Waals surface area contributed by atoms with Crippen LogP contribution < -0.4 is 10.6 Å². The van der Waals surface area contributed by atoms with E-state index in [2.05, 4.69) is 26.6 Å². The number of hydrogen-bond acceptors (Lipinski definition) is 2. The fourth-order valence-corrected chi connectivity index (χ4v) is 3.15. The van der Waals surface area contributed by atoms with Crippen LogP contribution in [-0.2, 0) is 4.79 Å². The highest BCUT2D eigenvalue weighted by atomic mass is 79.9. The van der Waals surface area contributed by atoms with E-state index in [1.165, 1.54) is 12.8 Å². The molecular weight excluding hydrogens is 304 g/mol. The van der Waals surface area contributed by atoms with Crippen LogP contribution in [0.15, 0.2) is 28.7 Å². The molecule has 1 heterocycles. The molecule has 0 spiro atoms. The minimum Gasteiger partial charge on any atom is -0.350 e. The predicted molar refractivity (Wildman–Crippen MR) is 81.0 cm³/mol. The largest absolute Gasteiger partial charge is 0.350 e. The van der Waals surface area contributed by atoms with Crippen molar-refractivity contribution in [2.24, 2.45) is 0 Å². The van der Waals surface area contributed by atoms with Crippen LogP contribution in [0.1, 0.15) is 44.2 Å². The van der Waals surface area contributed by atoms with Crippen molar-refractivity contribution in [3.8, 4) is 0 Å². The lowest BCUT2D eigenvalue weighted by atomic mass is 10.1. The van der Waals surface area contributed by atoms with Crippen molar-refractivity contribution in [3.05, 3.63) is 34.3 Å². The maximum Gasteiger partial charge on any atom is 0.220 e. The number of hydrogen-bond donors (Lipinski definition) is 2. The van der Waals surface area contributed by atoms with Gasteiger partial charge in [-0.1, -0.05) is 34.1 Å². The van der Waals surface area contributed by atoms with Crippen molar-refractivity contribution in [1.29, 1.82) is 0 Å². The Bertz CT molecular complexity index is 430. The second-order valence-electron chi connectivity index (χ2n) is 5.14. The van der Waals surface area contributed by atoms with Gasteiger partial charge >= 0.3 is 0 Å². The van der Waals surface area contributed by atoms with Crippen LogP contribution in [0.25, 0.3) is 0 Å². The molecule has 0 radical (unpaired) electrons. The van der Waals surface area contributed by atoms with Gasteiger partial charge in [-0.25, -0.2) is 0 Å². The number of carbonyl (C=O) groups is 1. The first-order chi connectivity index (χ1) is 9.16. The van der Waals surface area contributed by atoms with Crippen molar-refractivity contribution in [1.82, 2.24) is 10.6 Å². The lowest BCUT2D eigenvalue weighted by Gasteiger charge is -2.16. The molecule has 2 rings (SSSR count). The molecule has 19 heavy (non-hydrogen) atoms. The first-order valence-corrected chi connectivity index (χ1v) is 7.73. The summed E-state index contributed by atoms with van der Waals surface area (Å²) in [5, 5.41) is 6.48. The third-order valence-electron chi connectivity index (χ3n) is 3.63. The first-order valence-electron chi connectivity index (χ1n) is 6.94. The molecule has 1 aromatic carbocycles. The zero-order chi connectivity index (χ0) is 13.7. The van der Waals surface area contributed by atoms with Gasteiger partial charge in [-0.3, -0.25) is 4.79 Å². The molecule has 2 unspecified atom stereocenters. The SMILES string of the molecule is CC(NC(=O)CCC1CCCN1)c1ccccc1Br. The Morgan fingerprint density at radius 2 is 2.32 bits per heavy atom. The molecule has 0 aromatic heterocycles. The topological polar surface area (TPSA) is 41.1 Å². The van der Waals surface area contributed by atoms with E-state index in [0.29, 0.717) is 12.5 Å². The smallest absolute Gasteiger partial charge is 0.220 e. The van der Waals surface area contributed by atoms with E-state index in [4.69, 9.17) is 0 Å². The van der Waals surface area contributed by atoms with Gasteiger partial charge < -0.3 is 10.6 Å². The molecule has 1 amide bonds. The quantitative estimate of drug-likeness (QED) is 0.873. The molecule has 104 valence electrons. The van der Waals surface area contributed by atoms with E-state index in [9.17, 15) is 4.79 Å². The number of halogens is 1. The minimum absolute atomic E-state index is 0.0413. The van der Waals surface area contributed by atoms with Crippen LogP contribution in [0.2, 0.25) is 0 Å². The van der Waals surface area contributed by atoms with Crippen LogP contribution in [0, 0.1) is 0 Å². The Morgan fingerprint density at radius 1 is 1.53 bits per heavy atom. The maximum atomic E-state index is 11.9. The first kappa shape index (κ1) is 14.5.